The third kappa shape index (κ3) is 2.58. The molecule has 0 unspecified atom stereocenters. The zero-order chi connectivity index (χ0) is 13.9. The fourth-order valence-electron chi connectivity index (χ4n) is 2.05. The molecule has 0 fully saturated rings. The largest absolute Gasteiger partial charge is 0.368 e. The molecule has 102 valence electrons. The first-order valence-corrected chi connectivity index (χ1v) is 6.72. The van der Waals surface area contributed by atoms with Crippen LogP contribution in [0, 0.1) is 0 Å². The highest BCUT2D eigenvalue weighted by molar-refractivity contribution is 6.30. The number of hydrogen-bond acceptors (Lipinski definition) is 4. The first-order chi connectivity index (χ1) is 9.74. The number of aromatic nitrogens is 4. The van der Waals surface area contributed by atoms with Gasteiger partial charge in [-0.2, -0.15) is 0 Å². The molecule has 1 N–H and O–H groups in total. The van der Waals surface area contributed by atoms with Gasteiger partial charge in [0.2, 0.25) is 0 Å². The minimum Gasteiger partial charge on any atom is -0.368 e. The van der Waals surface area contributed by atoms with Crippen LogP contribution in [0.4, 0.5) is 5.82 Å². The maximum Gasteiger partial charge on any atom is 0.165 e. The summed E-state index contributed by atoms with van der Waals surface area (Å²) in [6, 6.07) is 7.86. The molecule has 5 nitrogen and oxygen atoms in total. The maximum absolute atomic E-state index is 5.87. The monoisotopic (exact) mass is 287 g/mol. The molecular formula is C14H14ClN5. The van der Waals surface area contributed by atoms with E-state index in [1.807, 2.05) is 35.9 Å². The Morgan fingerprint density at radius 3 is 2.75 bits per heavy atom. The van der Waals surface area contributed by atoms with E-state index in [9.17, 15) is 0 Å². The van der Waals surface area contributed by atoms with Gasteiger partial charge in [0.1, 0.15) is 11.8 Å². The summed E-state index contributed by atoms with van der Waals surface area (Å²) < 4.78 is 1.88. The van der Waals surface area contributed by atoms with Crippen LogP contribution in [0.25, 0.3) is 11.2 Å². The van der Waals surface area contributed by atoms with Crippen molar-refractivity contribution in [1.29, 1.82) is 0 Å². The molecule has 2 aromatic heterocycles. The van der Waals surface area contributed by atoms with Crippen molar-refractivity contribution in [2.45, 2.75) is 6.42 Å². The molecule has 0 aliphatic rings. The number of halogens is 1. The van der Waals surface area contributed by atoms with Crippen LogP contribution in [-0.2, 0) is 13.5 Å². The van der Waals surface area contributed by atoms with Crippen LogP contribution in [-0.4, -0.2) is 26.1 Å². The summed E-state index contributed by atoms with van der Waals surface area (Å²) in [5.41, 5.74) is 2.85. The van der Waals surface area contributed by atoms with Crippen molar-refractivity contribution in [2.75, 3.05) is 11.9 Å². The lowest BCUT2D eigenvalue weighted by atomic mass is 10.1. The van der Waals surface area contributed by atoms with Crippen LogP contribution in [0.5, 0.6) is 0 Å². The van der Waals surface area contributed by atoms with E-state index in [1.54, 1.807) is 12.7 Å². The Balaban J connectivity index is 1.69. The Kier molecular flexibility index (Phi) is 3.52. The Hall–Kier alpha value is -2.14. The van der Waals surface area contributed by atoms with Crippen LogP contribution >= 0.6 is 11.6 Å². The summed E-state index contributed by atoms with van der Waals surface area (Å²) in [6.07, 6.45) is 4.19. The Bertz CT molecular complexity index is 720. The van der Waals surface area contributed by atoms with Crippen LogP contribution in [0.1, 0.15) is 5.56 Å². The molecule has 0 aliphatic heterocycles. The number of nitrogens with zero attached hydrogens (tertiary/aromatic N) is 4. The first-order valence-electron chi connectivity index (χ1n) is 6.34. The number of aryl methyl sites for hydroxylation is 1. The van der Waals surface area contributed by atoms with Crippen molar-refractivity contribution in [3.05, 3.63) is 47.5 Å². The predicted molar refractivity (Wildman–Crippen MR) is 79.9 cm³/mol. The molecule has 0 spiro atoms. The van der Waals surface area contributed by atoms with Gasteiger partial charge in [0.15, 0.2) is 11.5 Å². The Morgan fingerprint density at radius 1 is 1.15 bits per heavy atom. The second kappa shape index (κ2) is 5.46. The van der Waals surface area contributed by atoms with Crippen molar-refractivity contribution < 1.29 is 0 Å². The molecule has 3 aromatic rings. The summed E-state index contributed by atoms with van der Waals surface area (Å²) in [5, 5.41) is 4.06. The molecule has 0 saturated carbocycles. The maximum atomic E-state index is 5.87. The number of imidazole rings is 1. The first kappa shape index (κ1) is 12.9. The van der Waals surface area contributed by atoms with Gasteiger partial charge in [-0.1, -0.05) is 23.7 Å². The lowest BCUT2D eigenvalue weighted by Gasteiger charge is -2.06. The van der Waals surface area contributed by atoms with Gasteiger partial charge in [0.25, 0.3) is 0 Å². The Morgan fingerprint density at radius 2 is 1.95 bits per heavy atom. The van der Waals surface area contributed by atoms with Crippen molar-refractivity contribution in [1.82, 2.24) is 19.5 Å². The van der Waals surface area contributed by atoms with E-state index in [1.165, 1.54) is 5.56 Å². The van der Waals surface area contributed by atoms with Crippen molar-refractivity contribution in [2.24, 2.45) is 7.05 Å². The van der Waals surface area contributed by atoms with Gasteiger partial charge in [-0.15, -0.1) is 0 Å². The number of anilines is 1. The zero-order valence-electron chi connectivity index (χ0n) is 11.0. The highest BCUT2D eigenvalue weighted by atomic mass is 35.5. The molecule has 0 atom stereocenters. The summed E-state index contributed by atoms with van der Waals surface area (Å²) in [7, 11) is 1.92. The molecule has 0 amide bonds. The molecule has 20 heavy (non-hydrogen) atoms. The summed E-state index contributed by atoms with van der Waals surface area (Å²) in [5.74, 6) is 0.768. The fourth-order valence-corrected chi connectivity index (χ4v) is 2.18. The van der Waals surface area contributed by atoms with Crippen LogP contribution < -0.4 is 5.32 Å². The van der Waals surface area contributed by atoms with E-state index in [4.69, 9.17) is 11.6 Å². The van der Waals surface area contributed by atoms with E-state index >= 15 is 0 Å². The molecule has 1 aromatic carbocycles. The third-order valence-corrected chi connectivity index (χ3v) is 3.37. The highest BCUT2D eigenvalue weighted by Crippen LogP contribution is 2.16. The lowest BCUT2D eigenvalue weighted by Crippen LogP contribution is -2.07. The van der Waals surface area contributed by atoms with Gasteiger partial charge in [0.05, 0.1) is 6.33 Å². The van der Waals surface area contributed by atoms with Gasteiger partial charge in [0, 0.05) is 18.6 Å². The molecule has 0 bridgehead atoms. The average molecular weight is 288 g/mol. The minimum atomic E-state index is 0.757. The van der Waals surface area contributed by atoms with Gasteiger partial charge in [-0.05, 0) is 24.1 Å². The number of nitrogens with one attached hydrogen (secondary N) is 1. The average Bonchev–Trinajstić information content (AvgIpc) is 2.84. The Labute approximate surface area is 121 Å². The van der Waals surface area contributed by atoms with Crippen molar-refractivity contribution in [3.63, 3.8) is 0 Å². The topological polar surface area (TPSA) is 55.6 Å². The van der Waals surface area contributed by atoms with Gasteiger partial charge in [-0.3, -0.25) is 0 Å². The van der Waals surface area contributed by atoms with Crippen molar-refractivity contribution >= 4 is 28.6 Å². The van der Waals surface area contributed by atoms with Crippen LogP contribution in [0.15, 0.2) is 36.9 Å². The lowest BCUT2D eigenvalue weighted by molar-refractivity contribution is 0.927. The molecule has 6 heteroatoms. The van der Waals surface area contributed by atoms with Gasteiger partial charge < -0.3 is 9.88 Å². The van der Waals surface area contributed by atoms with E-state index in [-0.39, 0.29) is 0 Å². The summed E-state index contributed by atoms with van der Waals surface area (Å²) >= 11 is 5.87. The molecule has 2 heterocycles. The quantitative estimate of drug-likeness (QED) is 0.801. The highest BCUT2D eigenvalue weighted by Gasteiger charge is 2.07. The fraction of sp³-hybridized carbons (Fsp3) is 0.214. The molecule has 3 rings (SSSR count). The molecule has 0 radical (unpaired) electrons. The number of rotatable bonds is 4. The van der Waals surface area contributed by atoms with Crippen molar-refractivity contribution in [3.8, 4) is 0 Å². The number of hydrogen-bond donors (Lipinski definition) is 1. The van der Waals surface area contributed by atoms with E-state index in [2.05, 4.69) is 20.3 Å². The van der Waals surface area contributed by atoms with E-state index in [0.29, 0.717) is 0 Å². The van der Waals surface area contributed by atoms with Crippen LogP contribution in [0.2, 0.25) is 5.02 Å². The normalized spacial score (nSPS) is 10.9. The molecule has 0 aliphatic carbocycles. The smallest absolute Gasteiger partial charge is 0.165 e. The summed E-state index contributed by atoms with van der Waals surface area (Å²) in [4.78, 5) is 12.8. The standard InChI is InChI=1S/C14H14ClN5/c1-20-9-19-12-13(17-8-18-14(12)20)16-7-6-10-2-4-11(15)5-3-10/h2-5,8-9H,6-7H2,1H3,(H,16,17,18). The second-order valence-electron chi connectivity index (χ2n) is 4.55. The summed E-state index contributed by atoms with van der Waals surface area (Å²) in [6.45, 7) is 0.782. The zero-order valence-corrected chi connectivity index (χ0v) is 11.8. The van der Waals surface area contributed by atoms with E-state index in [0.717, 1.165) is 35.0 Å². The number of benzene rings is 1. The molecular weight excluding hydrogens is 274 g/mol. The predicted octanol–water partition coefficient (Wildman–Crippen LogP) is 2.67. The van der Waals surface area contributed by atoms with Gasteiger partial charge >= 0.3 is 0 Å². The second-order valence-corrected chi connectivity index (χ2v) is 4.99. The molecule has 0 saturated heterocycles. The minimum absolute atomic E-state index is 0.757. The number of fused-ring (bicyclic) bond motifs is 1. The third-order valence-electron chi connectivity index (χ3n) is 3.12. The van der Waals surface area contributed by atoms with E-state index < -0.39 is 0 Å². The van der Waals surface area contributed by atoms with Gasteiger partial charge in [-0.25, -0.2) is 15.0 Å². The SMILES string of the molecule is Cn1cnc2c(NCCc3ccc(Cl)cc3)ncnc21. The van der Waals surface area contributed by atoms with Crippen LogP contribution in [0.3, 0.4) is 0 Å².